The standard InChI is InChI=1S/C25H28O15/c26-12-4-1-9(5-14(12)28)17(30)18(31)11-3-2-10(6-13(11)27)39-25-23(36)21(34)20(33)16(40-25)8-38-24-22(35)19(32)15(29)7-37-24/h1-6,15-16,19-29,32-36H,7-8H2/t15-,16-,19+,20-,21+,22-,23-,24+,25-/m1/s1. The first-order valence-corrected chi connectivity index (χ1v) is 12.0. The molecule has 0 aliphatic carbocycles. The highest BCUT2D eigenvalue weighted by Gasteiger charge is 2.46. The van der Waals surface area contributed by atoms with Crippen molar-refractivity contribution in [1.29, 1.82) is 0 Å². The average molecular weight is 568 g/mol. The molecule has 2 heterocycles. The van der Waals surface area contributed by atoms with Crippen LogP contribution in [0.15, 0.2) is 36.4 Å². The number of hydrogen-bond acceptors (Lipinski definition) is 15. The second kappa shape index (κ2) is 12.0. The van der Waals surface area contributed by atoms with E-state index in [0.29, 0.717) is 0 Å². The molecule has 0 unspecified atom stereocenters. The summed E-state index contributed by atoms with van der Waals surface area (Å²) in [6, 6.07) is 6.16. The third-order valence-electron chi connectivity index (χ3n) is 6.46. The van der Waals surface area contributed by atoms with Gasteiger partial charge in [0.25, 0.3) is 0 Å². The number of ketones is 2. The van der Waals surface area contributed by atoms with Crippen LogP contribution in [0.25, 0.3) is 0 Å². The van der Waals surface area contributed by atoms with Crippen LogP contribution in [0.4, 0.5) is 0 Å². The number of phenols is 3. The topological polar surface area (TPSA) is 253 Å². The van der Waals surface area contributed by atoms with E-state index < -0.39 is 96.3 Å². The number of rotatable bonds is 8. The first-order valence-electron chi connectivity index (χ1n) is 12.0. The molecule has 15 heteroatoms. The molecule has 0 amide bonds. The van der Waals surface area contributed by atoms with E-state index in [4.69, 9.17) is 18.9 Å². The summed E-state index contributed by atoms with van der Waals surface area (Å²) in [4.78, 5) is 25.1. The summed E-state index contributed by atoms with van der Waals surface area (Å²) >= 11 is 0. The number of aromatic hydroxyl groups is 3. The van der Waals surface area contributed by atoms with E-state index >= 15 is 0 Å². The number of benzene rings is 2. The first-order chi connectivity index (χ1) is 18.9. The number of carbonyl (C=O) groups is 2. The van der Waals surface area contributed by atoms with Crippen molar-refractivity contribution in [1.82, 2.24) is 0 Å². The zero-order valence-electron chi connectivity index (χ0n) is 20.5. The predicted octanol–water partition coefficient (Wildman–Crippen LogP) is -2.49. The number of phenolic OH excluding ortho intramolecular Hbond substituents is 3. The minimum Gasteiger partial charge on any atom is -0.507 e. The molecule has 0 saturated carbocycles. The summed E-state index contributed by atoms with van der Waals surface area (Å²) in [6.45, 7) is -0.849. The van der Waals surface area contributed by atoms with Crippen molar-refractivity contribution >= 4 is 11.6 Å². The van der Waals surface area contributed by atoms with Crippen molar-refractivity contribution in [2.75, 3.05) is 13.2 Å². The van der Waals surface area contributed by atoms with Crippen LogP contribution in [-0.2, 0) is 14.2 Å². The van der Waals surface area contributed by atoms with E-state index in [0.717, 1.165) is 36.4 Å². The van der Waals surface area contributed by atoms with Crippen molar-refractivity contribution in [3.05, 3.63) is 47.5 Å². The van der Waals surface area contributed by atoms with Gasteiger partial charge in [-0.2, -0.15) is 0 Å². The fraction of sp³-hybridized carbons (Fsp3) is 0.440. The average Bonchev–Trinajstić information content (AvgIpc) is 2.93. The van der Waals surface area contributed by atoms with Crippen LogP contribution in [-0.4, -0.2) is 126 Å². The minimum atomic E-state index is -1.79. The molecule has 2 aromatic rings. The SMILES string of the molecule is O=C(C(=O)c1ccc(O[C@@H]2O[C@H](CO[C@@H]3OC[C@@H](O)[C@H](O)[C@H]3O)[C@@H](O)[C@H](O)[C@H]2O)cc1O)c1ccc(O)c(O)c1. The Labute approximate surface area is 225 Å². The number of hydrogen-bond donors (Lipinski definition) is 9. The fourth-order valence-corrected chi connectivity index (χ4v) is 4.10. The summed E-state index contributed by atoms with van der Waals surface area (Å²) < 4.78 is 21.4. The Balaban J connectivity index is 1.42. The molecule has 2 saturated heterocycles. The minimum absolute atomic E-state index is 0.167. The summed E-state index contributed by atoms with van der Waals surface area (Å²) in [6.07, 6.45) is -14.1. The zero-order chi connectivity index (χ0) is 29.3. The Kier molecular flexibility index (Phi) is 8.89. The second-order valence-electron chi connectivity index (χ2n) is 9.26. The lowest BCUT2D eigenvalue weighted by atomic mass is 9.99. The number of aliphatic hydroxyl groups is 6. The number of carbonyl (C=O) groups excluding carboxylic acids is 2. The Bertz CT molecular complexity index is 1230. The van der Waals surface area contributed by atoms with Crippen molar-refractivity contribution in [3.63, 3.8) is 0 Å². The Morgan fingerprint density at radius 3 is 2.12 bits per heavy atom. The van der Waals surface area contributed by atoms with Crippen LogP contribution in [0.3, 0.4) is 0 Å². The largest absolute Gasteiger partial charge is 0.507 e. The van der Waals surface area contributed by atoms with E-state index in [2.05, 4.69) is 0 Å². The van der Waals surface area contributed by atoms with E-state index in [9.17, 15) is 55.5 Å². The van der Waals surface area contributed by atoms with Crippen LogP contribution in [0.2, 0.25) is 0 Å². The predicted molar refractivity (Wildman–Crippen MR) is 128 cm³/mol. The molecule has 0 spiro atoms. The third-order valence-corrected chi connectivity index (χ3v) is 6.46. The van der Waals surface area contributed by atoms with Gasteiger partial charge in [0.2, 0.25) is 17.9 Å². The van der Waals surface area contributed by atoms with Crippen LogP contribution in [0, 0.1) is 0 Å². The first kappa shape index (κ1) is 29.6. The molecule has 9 atom stereocenters. The summed E-state index contributed by atoms with van der Waals surface area (Å²) in [5.74, 6) is -4.19. The van der Waals surface area contributed by atoms with Crippen LogP contribution in [0.5, 0.6) is 23.0 Å². The molecule has 40 heavy (non-hydrogen) atoms. The number of ether oxygens (including phenoxy) is 4. The molecule has 2 aliphatic rings. The molecule has 2 aromatic carbocycles. The molecule has 0 aromatic heterocycles. The van der Waals surface area contributed by atoms with Gasteiger partial charge in [0.15, 0.2) is 17.8 Å². The smallest absolute Gasteiger partial charge is 0.237 e. The van der Waals surface area contributed by atoms with Crippen LogP contribution < -0.4 is 4.74 Å². The molecule has 0 bridgehead atoms. The maximum atomic E-state index is 12.6. The quantitative estimate of drug-likeness (QED) is 0.0907. The van der Waals surface area contributed by atoms with Gasteiger partial charge in [0, 0.05) is 11.6 Å². The summed E-state index contributed by atoms with van der Waals surface area (Å²) in [5, 5.41) is 89.5. The lowest BCUT2D eigenvalue weighted by Crippen LogP contribution is -2.61. The van der Waals surface area contributed by atoms with Gasteiger partial charge in [-0.15, -0.1) is 0 Å². The van der Waals surface area contributed by atoms with Gasteiger partial charge in [-0.05, 0) is 30.3 Å². The van der Waals surface area contributed by atoms with Crippen LogP contribution >= 0.6 is 0 Å². The number of Topliss-reactive ketones (excluding diaryl/α,β-unsaturated/α-hetero) is 2. The van der Waals surface area contributed by atoms with Gasteiger partial charge in [-0.25, -0.2) is 0 Å². The lowest BCUT2D eigenvalue weighted by Gasteiger charge is -2.41. The molecule has 218 valence electrons. The second-order valence-corrected chi connectivity index (χ2v) is 9.26. The molecular formula is C25H28O15. The van der Waals surface area contributed by atoms with Gasteiger partial charge in [-0.1, -0.05) is 0 Å². The number of aliphatic hydroxyl groups excluding tert-OH is 6. The highest BCUT2D eigenvalue weighted by Crippen LogP contribution is 2.31. The Morgan fingerprint density at radius 2 is 1.45 bits per heavy atom. The highest BCUT2D eigenvalue weighted by atomic mass is 16.7. The lowest BCUT2D eigenvalue weighted by molar-refractivity contribution is -0.307. The Hall–Kier alpha value is -3.38. The van der Waals surface area contributed by atoms with E-state index in [1.807, 2.05) is 0 Å². The molecule has 0 radical (unpaired) electrons. The normalized spacial score (nSPS) is 32.4. The van der Waals surface area contributed by atoms with E-state index in [1.165, 1.54) is 0 Å². The molecule has 9 N–H and O–H groups in total. The van der Waals surface area contributed by atoms with Gasteiger partial charge >= 0.3 is 0 Å². The van der Waals surface area contributed by atoms with Gasteiger partial charge in [-0.3, -0.25) is 9.59 Å². The molecule has 2 aliphatic heterocycles. The Morgan fingerprint density at radius 1 is 0.750 bits per heavy atom. The van der Waals surface area contributed by atoms with Gasteiger partial charge in [0.05, 0.1) is 18.8 Å². The molecule has 15 nitrogen and oxygen atoms in total. The van der Waals surface area contributed by atoms with Crippen molar-refractivity contribution < 1.29 is 74.5 Å². The van der Waals surface area contributed by atoms with Crippen molar-refractivity contribution in [2.45, 2.75) is 55.3 Å². The summed E-state index contributed by atoms with van der Waals surface area (Å²) in [7, 11) is 0. The highest BCUT2D eigenvalue weighted by molar-refractivity contribution is 6.49. The van der Waals surface area contributed by atoms with E-state index in [-0.39, 0.29) is 17.9 Å². The summed E-state index contributed by atoms with van der Waals surface area (Å²) in [5.41, 5.74) is -0.661. The van der Waals surface area contributed by atoms with Gasteiger partial charge < -0.3 is 64.9 Å². The zero-order valence-corrected chi connectivity index (χ0v) is 20.5. The third kappa shape index (κ3) is 6.02. The molecule has 4 rings (SSSR count). The fourth-order valence-electron chi connectivity index (χ4n) is 4.10. The molecule has 2 fully saturated rings. The van der Waals surface area contributed by atoms with E-state index in [1.54, 1.807) is 0 Å². The van der Waals surface area contributed by atoms with Gasteiger partial charge in [0.1, 0.15) is 54.2 Å². The maximum Gasteiger partial charge on any atom is 0.237 e. The maximum absolute atomic E-state index is 12.6. The monoisotopic (exact) mass is 568 g/mol. The van der Waals surface area contributed by atoms with Crippen molar-refractivity contribution in [3.8, 4) is 23.0 Å². The van der Waals surface area contributed by atoms with Crippen LogP contribution in [0.1, 0.15) is 20.7 Å². The molecular weight excluding hydrogens is 540 g/mol. The van der Waals surface area contributed by atoms with Crippen molar-refractivity contribution in [2.24, 2.45) is 0 Å².